The van der Waals surface area contributed by atoms with Crippen molar-refractivity contribution in [2.24, 2.45) is 5.92 Å². The number of ether oxygens (including phenoxy) is 2. The summed E-state index contributed by atoms with van der Waals surface area (Å²) < 4.78 is 11.8. The minimum Gasteiger partial charge on any atom is -0.496 e. The van der Waals surface area contributed by atoms with Crippen molar-refractivity contribution in [1.82, 2.24) is 5.32 Å². The fraction of sp³-hybridized carbons (Fsp3) is 0.342. The van der Waals surface area contributed by atoms with Gasteiger partial charge in [0.25, 0.3) is 0 Å². The normalized spacial score (nSPS) is 24.3. The molecule has 1 N–H and O–H groups in total. The first-order valence-electron chi connectivity index (χ1n) is 15.8. The summed E-state index contributed by atoms with van der Waals surface area (Å²) in [6.45, 7) is 6.12. The van der Waals surface area contributed by atoms with Crippen LogP contribution < -0.4 is 10.1 Å². The van der Waals surface area contributed by atoms with Gasteiger partial charge in [0, 0.05) is 30.5 Å². The smallest absolute Gasteiger partial charge is 0.338 e. The van der Waals surface area contributed by atoms with Crippen LogP contribution in [0, 0.1) is 5.92 Å². The Labute approximate surface area is 275 Å². The molecule has 2 atom stereocenters. The van der Waals surface area contributed by atoms with Crippen LogP contribution in [0.4, 0.5) is 0 Å². The third-order valence-corrected chi connectivity index (χ3v) is 12.1. The van der Waals surface area contributed by atoms with Gasteiger partial charge in [0.1, 0.15) is 12.3 Å². The molecule has 2 bridgehead atoms. The third-order valence-electron chi connectivity index (χ3n) is 9.82. The van der Waals surface area contributed by atoms with Gasteiger partial charge in [0.15, 0.2) is 3.55 Å². The number of carbonyl (C=O) groups is 1. The highest BCUT2D eigenvalue weighted by Gasteiger charge is 2.66. The maximum Gasteiger partial charge on any atom is 0.338 e. The largest absolute Gasteiger partial charge is 0.496 e. The summed E-state index contributed by atoms with van der Waals surface area (Å²) in [5.41, 5.74) is 5.74. The van der Waals surface area contributed by atoms with Crippen molar-refractivity contribution in [2.45, 2.75) is 48.4 Å². The molecule has 4 aromatic carbocycles. The fourth-order valence-electron chi connectivity index (χ4n) is 7.76. The number of alkyl halides is 1. The van der Waals surface area contributed by atoms with E-state index in [9.17, 15) is 4.79 Å². The molecule has 0 unspecified atom stereocenters. The number of benzene rings is 4. The first kappa shape index (κ1) is 30.8. The predicted octanol–water partition coefficient (Wildman–Crippen LogP) is 7.73. The number of hydrogen-bond donors (Lipinski definition) is 1. The average molecular weight is 702 g/mol. The van der Waals surface area contributed by atoms with Gasteiger partial charge in [-0.25, -0.2) is 4.79 Å². The molecule has 3 aliphatic heterocycles. The van der Waals surface area contributed by atoms with E-state index in [4.69, 9.17) is 9.47 Å². The van der Waals surface area contributed by atoms with Crippen LogP contribution in [0.1, 0.15) is 58.3 Å². The van der Waals surface area contributed by atoms with Gasteiger partial charge in [-0.3, -0.25) is 0 Å². The molecule has 7 rings (SSSR count). The van der Waals surface area contributed by atoms with E-state index >= 15 is 0 Å². The number of nitrogens with zero attached hydrogens (tertiary/aromatic N) is 1. The number of nitrogens with one attached hydrogen (secondary N) is 1. The second-order valence-corrected chi connectivity index (χ2v) is 13.9. The second-order valence-electron chi connectivity index (χ2n) is 12.2. The molecule has 0 amide bonds. The molecule has 0 spiro atoms. The van der Waals surface area contributed by atoms with Gasteiger partial charge in [-0.2, -0.15) is 0 Å². The van der Waals surface area contributed by atoms with E-state index in [2.05, 4.69) is 119 Å². The SMILES string of the molecule is CCOC(=O)c1ccc(C[N+]23CCC(CC2)[C@H](NCc2ccccc2OC)[C@@]3(I)C(c2ccccc2)c2ccccc2)cc1. The van der Waals surface area contributed by atoms with Crippen molar-refractivity contribution in [1.29, 1.82) is 0 Å². The van der Waals surface area contributed by atoms with E-state index in [1.807, 2.05) is 25.1 Å². The molecular weight excluding hydrogens is 659 g/mol. The monoisotopic (exact) mass is 701 g/mol. The number of esters is 1. The Kier molecular flexibility index (Phi) is 9.40. The van der Waals surface area contributed by atoms with Crippen molar-refractivity contribution in [3.63, 3.8) is 0 Å². The summed E-state index contributed by atoms with van der Waals surface area (Å²) in [7, 11) is 1.75. The summed E-state index contributed by atoms with van der Waals surface area (Å²) in [5, 5.41) is 4.14. The topological polar surface area (TPSA) is 47.6 Å². The summed E-state index contributed by atoms with van der Waals surface area (Å²) in [6, 6.07) is 38.9. The number of quaternary nitrogens is 1. The summed E-state index contributed by atoms with van der Waals surface area (Å²) in [6.07, 6.45) is 2.37. The van der Waals surface area contributed by atoms with E-state index in [0.29, 0.717) is 18.1 Å². The number of hydrogen-bond acceptors (Lipinski definition) is 4. The number of rotatable bonds is 11. The minimum atomic E-state index is -0.262. The quantitative estimate of drug-likeness (QED) is 0.0572. The lowest BCUT2D eigenvalue weighted by molar-refractivity contribution is -0.985. The summed E-state index contributed by atoms with van der Waals surface area (Å²) in [5.74, 6) is 1.40. The number of fused-ring (bicyclic) bond motifs is 3. The Morgan fingerprint density at radius 1 is 0.886 bits per heavy atom. The molecule has 4 aromatic rings. The third kappa shape index (κ3) is 5.80. The van der Waals surface area contributed by atoms with E-state index in [-0.39, 0.29) is 21.5 Å². The van der Waals surface area contributed by atoms with Crippen molar-refractivity contribution in [3.05, 3.63) is 137 Å². The van der Waals surface area contributed by atoms with Crippen molar-refractivity contribution < 1.29 is 18.8 Å². The van der Waals surface area contributed by atoms with Crippen molar-refractivity contribution in [3.8, 4) is 5.75 Å². The number of para-hydroxylation sites is 1. The van der Waals surface area contributed by atoms with Crippen LogP contribution in [0.15, 0.2) is 109 Å². The lowest BCUT2D eigenvalue weighted by atomic mass is 9.68. The Balaban J connectivity index is 1.45. The van der Waals surface area contributed by atoms with Crippen LogP contribution in [0.5, 0.6) is 5.75 Å². The van der Waals surface area contributed by atoms with E-state index in [1.165, 1.54) is 35.1 Å². The van der Waals surface area contributed by atoms with E-state index < -0.39 is 0 Å². The molecule has 0 radical (unpaired) electrons. The van der Waals surface area contributed by atoms with Gasteiger partial charge >= 0.3 is 5.97 Å². The lowest BCUT2D eigenvalue weighted by Gasteiger charge is -2.65. The molecule has 6 heteroatoms. The van der Waals surface area contributed by atoms with Gasteiger partial charge < -0.3 is 19.3 Å². The number of halogens is 1. The number of piperidine rings is 3. The van der Waals surface area contributed by atoms with Crippen molar-refractivity contribution >= 4 is 28.6 Å². The molecule has 3 fully saturated rings. The van der Waals surface area contributed by atoms with Crippen LogP contribution in [-0.2, 0) is 17.8 Å². The Morgan fingerprint density at radius 3 is 2.07 bits per heavy atom. The first-order chi connectivity index (χ1) is 21.5. The van der Waals surface area contributed by atoms with Crippen LogP contribution in [0.25, 0.3) is 0 Å². The maximum absolute atomic E-state index is 12.4. The van der Waals surface area contributed by atoms with Crippen molar-refractivity contribution in [2.75, 3.05) is 26.8 Å². The lowest BCUT2D eigenvalue weighted by Crippen LogP contribution is -2.78. The highest BCUT2D eigenvalue weighted by atomic mass is 127. The average Bonchev–Trinajstić information content (AvgIpc) is 3.07. The van der Waals surface area contributed by atoms with E-state index in [1.54, 1.807) is 7.11 Å². The predicted molar refractivity (Wildman–Crippen MR) is 184 cm³/mol. The van der Waals surface area contributed by atoms with Gasteiger partial charge in [-0.1, -0.05) is 91.0 Å². The summed E-state index contributed by atoms with van der Waals surface area (Å²) in [4.78, 5) is 12.4. The van der Waals surface area contributed by atoms with Crippen LogP contribution in [-0.4, -0.2) is 46.8 Å². The highest BCUT2D eigenvalue weighted by Crippen LogP contribution is 2.58. The van der Waals surface area contributed by atoms with Gasteiger partial charge in [-0.15, -0.1) is 0 Å². The fourth-order valence-corrected chi connectivity index (χ4v) is 9.86. The second kappa shape index (κ2) is 13.4. The minimum absolute atomic E-state index is 0.169. The molecule has 0 saturated carbocycles. The standard InChI is InChI=1S/C38H42IN2O3/c1-3-44-37(42)32-20-18-28(19-21-32)27-41-24-22-31(23-25-41)36(40-26-33-16-10-11-17-34(33)43-2)38(41,39)35(29-12-6-4-7-13-29)30-14-8-5-9-15-30/h4-21,31,35-36,40H,3,22-27H2,1-2H3/q+1/t31?,36-,38+,41?/m0/s1. The molecular formula is C38H42IN2O3+. The molecule has 44 heavy (non-hydrogen) atoms. The number of carbonyl (C=O) groups excluding carboxylic acids is 1. The molecule has 228 valence electrons. The van der Waals surface area contributed by atoms with Gasteiger partial charge in [-0.05, 0) is 64.8 Å². The maximum atomic E-state index is 12.4. The molecule has 3 heterocycles. The van der Waals surface area contributed by atoms with E-state index in [0.717, 1.165) is 36.4 Å². The van der Waals surface area contributed by atoms with Gasteiger partial charge in [0.2, 0.25) is 0 Å². The molecule has 3 aliphatic rings. The summed E-state index contributed by atoms with van der Waals surface area (Å²) >= 11 is 2.89. The van der Waals surface area contributed by atoms with Crippen LogP contribution >= 0.6 is 22.6 Å². The zero-order valence-electron chi connectivity index (χ0n) is 25.6. The Hall–Kier alpha value is -3.20. The molecule has 0 aromatic heterocycles. The highest BCUT2D eigenvalue weighted by molar-refractivity contribution is 14.1. The zero-order valence-corrected chi connectivity index (χ0v) is 27.8. The Bertz CT molecular complexity index is 1500. The zero-order chi connectivity index (χ0) is 30.6. The van der Waals surface area contributed by atoms with Crippen LogP contribution in [0.2, 0.25) is 0 Å². The van der Waals surface area contributed by atoms with Crippen LogP contribution in [0.3, 0.4) is 0 Å². The Morgan fingerprint density at radius 2 is 1.48 bits per heavy atom. The molecule has 5 nitrogen and oxygen atoms in total. The van der Waals surface area contributed by atoms with Gasteiger partial charge in [0.05, 0.1) is 44.3 Å². The molecule has 3 saturated heterocycles. The molecule has 0 aliphatic carbocycles. The number of methoxy groups -OCH3 is 1. The first-order valence-corrected chi connectivity index (χ1v) is 16.8.